The minimum absolute atomic E-state index is 0.0586. The number of thiol groups is 1. The summed E-state index contributed by atoms with van der Waals surface area (Å²) >= 11 is 0. The van der Waals surface area contributed by atoms with Crippen LogP contribution in [0.1, 0.15) is 26.3 Å². The van der Waals surface area contributed by atoms with Gasteiger partial charge < -0.3 is 10.0 Å². The molecule has 0 aliphatic carbocycles. The van der Waals surface area contributed by atoms with Crippen molar-refractivity contribution in [1.82, 2.24) is 9.62 Å². The van der Waals surface area contributed by atoms with Crippen molar-refractivity contribution < 1.29 is 36.1 Å². The van der Waals surface area contributed by atoms with Crippen LogP contribution in [0.4, 0.5) is 22.0 Å². The molecule has 1 amide bonds. The van der Waals surface area contributed by atoms with E-state index in [1.165, 1.54) is 25.1 Å². The summed E-state index contributed by atoms with van der Waals surface area (Å²) in [4.78, 5) is 13.5. The van der Waals surface area contributed by atoms with Crippen LogP contribution in [0.15, 0.2) is 36.4 Å². The van der Waals surface area contributed by atoms with Gasteiger partial charge in [0.05, 0.1) is 12.6 Å². The summed E-state index contributed by atoms with van der Waals surface area (Å²) in [5.41, 5.74) is -2.29. The molecular formula is C23H26F5N2O3S+. The van der Waals surface area contributed by atoms with Gasteiger partial charge >= 0.3 is 0 Å². The summed E-state index contributed by atoms with van der Waals surface area (Å²) in [7, 11) is -2.23. The molecule has 0 saturated carbocycles. The molecule has 5 nitrogen and oxygen atoms in total. The highest BCUT2D eigenvalue weighted by Gasteiger charge is 2.58. The van der Waals surface area contributed by atoms with E-state index in [1.807, 2.05) is 0 Å². The van der Waals surface area contributed by atoms with Crippen LogP contribution >= 0.6 is 0 Å². The SMILES string of the molecule is CC[SH+](=O)N[C@@H]1[C@H](Cc2cccc(-c3cc(F)cc(F)c3)c2F)N(C(=O)C(C)(C)O)CC1(F)F. The monoisotopic (exact) mass is 505 g/mol. The molecule has 2 aromatic rings. The average Bonchev–Trinajstić information content (AvgIpc) is 2.97. The molecule has 1 aliphatic rings. The number of benzene rings is 2. The van der Waals surface area contributed by atoms with Crippen molar-refractivity contribution in [2.45, 2.75) is 50.8 Å². The van der Waals surface area contributed by atoms with Gasteiger partial charge in [0.2, 0.25) is 0 Å². The highest BCUT2D eigenvalue weighted by atomic mass is 32.2. The Morgan fingerprint density at radius 2 is 1.82 bits per heavy atom. The number of carbonyl (C=O) groups excluding carboxylic acids is 1. The third-order valence-corrected chi connectivity index (χ3v) is 6.80. The van der Waals surface area contributed by atoms with Crippen LogP contribution in [-0.2, 0) is 26.4 Å². The van der Waals surface area contributed by atoms with Crippen molar-refractivity contribution in [3.63, 3.8) is 0 Å². The first-order valence-electron chi connectivity index (χ1n) is 10.6. The maximum atomic E-state index is 15.4. The number of hydrogen-bond acceptors (Lipinski definition) is 3. The van der Waals surface area contributed by atoms with Crippen LogP contribution in [0.25, 0.3) is 11.1 Å². The summed E-state index contributed by atoms with van der Waals surface area (Å²) in [6.45, 7) is 2.78. The Balaban J connectivity index is 2.05. The molecule has 1 heterocycles. The minimum Gasteiger partial charge on any atom is -0.381 e. The lowest BCUT2D eigenvalue weighted by Crippen LogP contribution is -2.53. The average molecular weight is 506 g/mol. The zero-order valence-corrected chi connectivity index (χ0v) is 19.7. The van der Waals surface area contributed by atoms with Crippen molar-refractivity contribution >= 4 is 16.9 Å². The smallest absolute Gasteiger partial charge is 0.286 e. The molecule has 0 radical (unpaired) electrons. The van der Waals surface area contributed by atoms with E-state index in [9.17, 15) is 31.7 Å². The highest BCUT2D eigenvalue weighted by molar-refractivity contribution is 7.82. The maximum absolute atomic E-state index is 15.4. The first-order valence-corrected chi connectivity index (χ1v) is 12.0. The fourth-order valence-electron chi connectivity index (χ4n) is 4.03. The van der Waals surface area contributed by atoms with Crippen molar-refractivity contribution in [2.75, 3.05) is 12.3 Å². The van der Waals surface area contributed by atoms with E-state index >= 15 is 4.39 Å². The van der Waals surface area contributed by atoms with Crippen LogP contribution in [0, 0.1) is 17.5 Å². The number of aliphatic hydroxyl groups is 1. The zero-order chi connectivity index (χ0) is 25.4. The molecule has 3 atom stereocenters. The Hall–Kier alpha value is -2.37. The summed E-state index contributed by atoms with van der Waals surface area (Å²) in [6.07, 6.45) is -0.417. The lowest BCUT2D eigenvalue weighted by Gasteiger charge is -2.31. The second kappa shape index (κ2) is 9.71. The lowest BCUT2D eigenvalue weighted by molar-refractivity contribution is -0.149. The van der Waals surface area contributed by atoms with Gasteiger partial charge in [-0.25, -0.2) is 22.0 Å². The first kappa shape index (κ1) is 26.2. The van der Waals surface area contributed by atoms with E-state index in [2.05, 4.69) is 4.72 Å². The maximum Gasteiger partial charge on any atom is 0.286 e. The normalized spacial score (nSPS) is 21.0. The van der Waals surface area contributed by atoms with E-state index in [0.717, 1.165) is 30.9 Å². The number of likely N-dealkylation sites (tertiary alicyclic amines) is 1. The van der Waals surface area contributed by atoms with Gasteiger partial charge in [0.15, 0.2) is 0 Å². The largest absolute Gasteiger partial charge is 0.381 e. The van der Waals surface area contributed by atoms with Gasteiger partial charge in [-0.15, -0.1) is 4.72 Å². The first-order chi connectivity index (χ1) is 15.7. The summed E-state index contributed by atoms with van der Waals surface area (Å²) in [6, 6.07) is 3.40. The number of halogens is 5. The van der Waals surface area contributed by atoms with E-state index in [4.69, 9.17) is 0 Å². The van der Waals surface area contributed by atoms with Crippen molar-refractivity contribution in [1.29, 1.82) is 0 Å². The number of nitrogens with zero attached hydrogens (tertiary/aromatic N) is 1. The molecule has 0 aromatic heterocycles. The summed E-state index contributed by atoms with van der Waals surface area (Å²) in [5.74, 6) is -7.15. The second-order valence-electron chi connectivity index (χ2n) is 8.76. The van der Waals surface area contributed by atoms with Crippen LogP contribution < -0.4 is 4.72 Å². The van der Waals surface area contributed by atoms with Gasteiger partial charge in [-0.1, -0.05) is 22.4 Å². The Kier molecular flexibility index (Phi) is 7.49. The van der Waals surface area contributed by atoms with Crippen LogP contribution in [-0.4, -0.2) is 51.8 Å². The fourth-order valence-corrected chi connectivity index (χ4v) is 4.88. The molecule has 186 valence electrons. The molecular weight excluding hydrogens is 479 g/mol. The Morgan fingerprint density at radius 3 is 2.38 bits per heavy atom. The van der Waals surface area contributed by atoms with E-state index in [0.29, 0.717) is 6.07 Å². The molecule has 3 rings (SSSR count). The number of amides is 1. The zero-order valence-electron chi connectivity index (χ0n) is 18.8. The summed E-state index contributed by atoms with van der Waals surface area (Å²) in [5, 5.41) is 10.2. The molecule has 34 heavy (non-hydrogen) atoms. The number of carbonyl (C=O) groups is 1. The van der Waals surface area contributed by atoms with Crippen molar-refractivity contribution in [2.24, 2.45) is 0 Å². The van der Waals surface area contributed by atoms with E-state index < -0.39 is 70.9 Å². The number of alkyl halides is 2. The van der Waals surface area contributed by atoms with Gasteiger partial charge in [0.25, 0.3) is 11.8 Å². The van der Waals surface area contributed by atoms with Crippen molar-refractivity contribution in [3.05, 3.63) is 59.4 Å². The van der Waals surface area contributed by atoms with Gasteiger partial charge in [-0.2, -0.15) is 0 Å². The van der Waals surface area contributed by atoms with Gasteiger partial charge in [-0.3, -0.25) is 4.79 Å². The molecule has 0 spiro atoms. The molecule has 1 aliphatic heterocycles. The van der Waals surface area contributed by atoms with E-state index in [-0.39, 0.29) is 22.4 Å². The van der Waals surface area contributed by atoms with E-state index in [1.54, 1.807) is 0 Å². The number of rotatable bonds is 7. The third kappa shape index (κ3) is 5.47. The van der Waals surface area contributed by atoms with Crippen molar-refractivity contribution in [3.8, 4) is 11.1 Å². The van der Waals surface area contributed by atoms with Gasteiger partial charge in [-0.05, 0) is 50.5 Å². The quantitative estimate of drug-likeness (QED) is 0.344. The van der Waals surface area contributed by atoms with Crippen LogP contribution in [0.2, 0.25) is 0 Å². The molecule has 1 saturated heterocycles. The third-order valence-electron chi connectivity index (χ3n) is 5.66. The van der Waals surface area contributed by atoms with Crippen LogP contribution in [0.3, 0.4) is 0 Å². The van der Waals surface area contributed by atoms with Crippen LogP contribution in [0.5, 0.6) is 0 Å². The Bertz CT molecular complexity index is 1090. The Morgan fingerprint density at radius 1 is 1.21 bits per heavy atom. The second-order valence-corrected chi connectivity index (χ2v) is 10.4. The molecule has 0 bridgehead atoms. The molecule has 1 unspecified atom stereocenters. The number of nitrogens with one attached hydrogen (secondary N) is 1. The predicted octanol–water partition coefficient (Wildman–Crippen LogP) is 3.52. The molecule has 11 heteroatoms. The van der Waals surface area contributed by atoms with Gasteiger partial charge in [0.1, 0.15) is 45.8 Å². The predicted molar refractivity (Wildman–Crippen MR) is 119 cm³/mol. The highest BCUT2D eigenvalue weighted by Crippen LogP contribution is 2.37. The molecule has 2 N–H and O–H groups in total. The molecule has 2 aromatic carbocycles. The fraction of sp³-hybridized carbons (Fsp3) is 0.435. The molecule has 1 fully saturated rings. The lowest BCUT2D eigenvalue weighted by atomic mass is 9.94. The minimum atomic E-state index is -3.51. The van der Waals surface area contributed by atoms with Gasteiger partial charge in [0, 0.05) is 11.6 Å². The standard InChI is InChI=1S/C23H25F5N2O3S/c1-4-34(33)29-20-18(30(12-23(20,27)28)21(31)22(2,3)32)10-13-6-5-7-17(19(13)26)14-8-15(24)11-16(25)9-14/h5-9,11,18,20,32H,4,10,12H2,1-3H3,(H,29,33)/p+1/t18-,20+,34?/m0/s1. The topological polar surface area (TPSA) is 69.6 Å². The number of hydrogen-bond donors (Lipinski definition) is 2. The Labute approximate surface area is 196 Å². The summed E-state index contributed by atoms with van der Waals surface area (Å²) < 4.78 is 87.1.